The van der Waals surface area contributed by atoms with Gasteiger partial charge in [-0.25, -0.2) is 0 Å². The van der Waals surface area contributed by atoms with Crippen LogP contribution in [-0.4, -0.2) is 61.0 Å². The van der Waals surface area contributed by atoms with Crippen molar-refractivity contribution in [2.24, 2.45) is 23.7 Å². The number of allylic oxidation sites excluding steroid dienone is 2. The quantitative estimate of drug-likeness (QED) is 0.737. The zero-order chi connectivity index (χ0) is 14.2. The lowest BCUT2D eigenvalue weighted by Gasteiger charge is -2.29. The molecule has 2 rings (SSSR count). The normalized spacial score (nSPS) is 32.0. The summed E-state index contributed by atoms with van der Waals surface area (Å²) in [5, 5.41) is 9.34. The SMILES string of the molecule is CN(C)CCN(C)C(=O)[C@H]1C2C=CC(C2)[C@H]1C(=O)O. The predicted octanol–water partition coefficient (Wildman–Crippen LogP) is 0.529. The first-order valence-electron chi connectivity index (χ1n) is 6.72. The van der Waals surface area contributed by atoms with E-state index in [4.69, 9.17) is 0 Å². The minimum atomic E-state index is -0.837. The molecule has 1 saturated carbocycles. The number of fused-ring (bicyclic) bond motifs is 2. The third kappa shape index (κ3) is 2.66. The van der Waals surface area contributed by atoms with Crippen molar-refractivity contribution >= 4 is 11.9 Å². The van der Waals surface area contributed by atoms with E-state index in [0.29, 0.717) is 6.54 Å². The highest BCUT2D eigenvalue weighted by Crippen LogP contribution is 2.48. The molecular weight excluding hydrogens is 244 g/mol. The Morgan fingerprint density at radius 3 is 2.21 bits per heavy atom. The first kappa shape index (κ1) is 14.1. The molecule has 0 heterocycles. The van der Waals surface area contributed by atoms with E-state index in [2.05, 4.69) is 0 Å². The van der Waals surface area contributed by atoms with Crippen molar-refractivity contribution in [1.29, 1.82) is 0 Å². The standard InChI is InChI=1S/C14H22N2O3/c1-15(2)6-7-16(3)13(17)11-9-4-5-10(8-9)12(11)14(18)19/h4-5,9-12H,6-8H2,1-3H3,(H,18,19)/t9?,10?,11-,12+/m0/s1. The Morgan fingerprint density at radius 1 is 1.11 bits per heavy atom. The molecule has 2 aliphatic rings. The van der Waals surface area contributed by atoms with Gasteiger partial charge in [0.15, 0.2) is 0 Å². The Kier molecular flexibility index (Phi) is 3.94. The van der Waals surface area contributed by atoms with Gasteiger partial charge < -0.3 is 14.9 Å². The van der Waals surface area contributed by atoms with E-state index in [1.807, 2.05) is 31.1 Å². The first-order chi connectivity index (χ1) is 8.91. The van der Waals surface area contributed by atoms with Crippen LogP contribution in [0.5, 0.6) is 0 Å². The van der Waals surface area contributed by atoms with E-state index in [0.717, 1.165) is 13.0 Å². The maximum Gasteiger partial charge on any atom is 0.307 e. The zero-order valence-electron chi connectivity index (χ0n) is 11.7. The number of carbonyl (C=O) groups excluding carboxylic acids is 1. The van der Waals surface area contributed by atoms with Gasteiger partial charge in [0, 0.05) is 20.1 Å². The maximum atomic E-state index is 12.5. The summed E-state index contributed by atoms with van der Waals surface area (Å²) in [5.74, 6) is -1.62. The molecule has 0 aliphatic heterocycles. The van der Waals surface area contributed by atoms with Gasteiger partial charge in [-0.05, 0) is 32.4 Å². The van der Waals surface area contributed by atoms with Crippen molar-refractivity contribution in [2.75, 3.05) is 34.2 Å². The lowest BCUT2D eigenvalue weighted by molar-refractivity contribution is -0.150. The van der Waals surface area contributed by atoms with E-state index >= 15 is 0 Å². The Hall–Kier alpha value is -1.36. The van der Waals surface area contributed by atoms with Gasteiger partial charge in [-0.15, -0.1) is 0 Å². The number of nitrogens with zero attached hydrogens (tertiary/aromatic N) is 2. The van der Waals surface area contributed by atoms with Gasteiger partial charge in [0.1, 0.15) is 0 Å². The van der Waals surface area contributed by atoms with E-state index in [1.165, 1.54) is 0 Å². The number of carboxylic acid groups (broad SMARTS) is 1. The lowest BCUT2D eigenvalue weighted by atomic mass is 9.82. The van der Waals surface area contributed by atoms with Crippen LogP contribution in [0.15, 0.2) is 12.2 Å². The topological polar surface area (TPSA) is 60.9 Å². The average molecular weight is 266 g/mol. The Labute approximate surface area is 113 Å². The van der Waals surface area contributed by atoms with Crippen molar-refractivity contribution in [3.63, 3.8) is 0 Å². The Balaban J connectivity index is 2.05. The fourth-order valence-corrected chi connectivity index (χ4v) is 3.21. The number of aliphatic carboxylic acids is 1. The van der Waals surface area contributed by atoms with E-state index < -0.39 is 11.9 Å². The van der Waals surface area contributed by atoms with Gasteiger partial charge in [0.25, 0.3) is 0 Å². The summed E-state index contributed by atoms with van der Waals surface area (Å²) in [7, 11) is 5.68. The van der Waals surface area contributed by atoms with Crippen molar-refractivity contribution in [3.05, 3.63) is 12.2 Å². The van der Waals surface area contributed by atoms with E-state index in [9.17, 15) is 14.7 Å². The van der Waals surface area contributed by atoms with Crippen molar-refractivity contribution in [3.8, 4) is 0 Å². The molecule has 0 aromatic rings. The highest BCUT2D eigenvalue weighted by Gasteiger charge is 2.52. The smallest absolute Gasteiger partial charge is 0.307 e. The second kappa shape index (κ2) is 5.33. The Bertz CT molecular complexity index is 405. The first-order valence-corrected chi connectivity index (χ1v) is 6.72. The number of hydrogen-bond donors (Lipinski definition) is 1. The zero-order valence-corrected chi connectivity index (χ0v) is 11.7. The number of carbonyl (C=O) groups is 2. The van der Waals surface area contributed by atoms with Crippen LogP contribution in [-0.2, 0) is 9.59 Å². The molecule has 0 aromatic carbocycles. The van der Waals surface area contributed by atoms with Crippen molar-refractivity contribution < 1.29 is 14.7 Å². The van der Waals surface area contributed by atoms with Crippen LogP contribution in [0, 0.1) is 23.7 Å². The summed E-state index contributed by atoms with van der Waals surface area (Å²) < 4.78 is 0. The molecule has 2 unspecified atom stereocenters. The average Bonchev–Trinajstić information content (AvgIpc) is 2.94. The molecule has 5 heteroatoms. The molecule has 1 fully saturated rings. The van der Waals surface area contributed by atoms with Crippen LogP contribution >= 0.6 is 0 Å². The van der Waals surface area contributed by atoms with Gasteiger partial charge in [-0.1, -0.05) is 12.2 Å². The third-order valence-electron chi connectivity index (χ3n) is 4.29. The largest absolute Gasteiger partial charge is 0.481 e. The van der Waals surface area contributed by atoms with Gasteiger partial charge in [0.2, 0.25) is 5.91 Å². The third-order valence-corrected chi connectivity index (χ3v) is 4.29. The molecule has 4 atom stereocenters. The molecular formula is C14H22N2O3. The summed E-state index contributed by atoms with van der Waals surface area (Å²) in [6, 6.07) is 0. The molecule has 0 aromatic heterocycles. The number of likely N-dealkylation sites (N-methyl/N-ethyl adjacent to an activating group) is 2. The number of hydrogen-bond acceptors (Lipinski definition) is 3. The van der Waals surface area contributed by atoms with Crippen LogP contribution < -0.4 is 0 Å². The van der Waals surface area contributed by atoms with Gasteiger partial charge in [-0.2, -0.15) is 0 Å². The lowest BCUT2D eigenvalue weighted by Crippen LogP contribution is -2.43. The second-order valence-corrected chi connectivity index (χ2v) is 5.90. The Morgan fingerprint density at radius 2 is 1.68 bits per heavy atom. The van der Waals surface area contributed by atoms with Gasteiger partial charge in [-0.3, -0.25) is 9.59 Å². The monoisotopic (exact) mass is 266 g/mol. The fraction of sp³-hybridized carbons (Fsp3) is 0.714. The molecule has 0 radical (unpaired) electrons. The highest BCUT2D eigenvalue weighted by atomic mass is 16.4. The van der Waals surface area contributed by atoms with Gasteiger partial charge >= 0.3 is 5.97 Å². The number of amides is 1. The minimum absolute atomic E-state index is 0.0221. The second-order valence-electron chi connectivity index (χ2n) is 5.90. The molecule has 0 saturated heterocycles. The summed E-state index contributed by atoms with van der Waals surface area (Å²) >= 11 is 0. The van der Waals surface area contributed by atoms with E-state index in [1.54, 1.807) is 11.9 Å². The molecule has 2 aliphatic carbocycles. The molecule has 2 bridgehead atoms. The summed E-state index contributed by atoms with van der Waals surface area (Å²) in [4.78, 5) is 27.5. The molecule has 5 nitrogen and oxygen atoms in total. The number of carboxylic acids is 1. The van der Waals surface area contributed by atoms with Crippen LogP contribution in [0.25, 0.3) is 0 Å². The highest BCUT2D eigenvalue weighted by molar-refractivity contribution is 5.86. The predicted molar refractivity (Wildman–Crippen MR) is 71.5 cm³/mol. The number of rotatable bonds is 5. The molecule has 1 N–H and O–H groups in total. The molecule has 106 valence electrons. The maximum absolute atomic E-state index is 12.5. The van der Waals surface area contributed by atoms with Crippen LogP contribution in [0.2, 0.25) is 0 Å². The van der Waals surface area contributed by atoms with Crippen LogP contribution in [0.3, 0.4) is 0 Å². The fourth-order valence-electron chi connectivity index (χ4n) is 3.21. The van der Waals surface area contributed by atoms with Crippen molar-refractivity contribution in [1.82, 2.24) is 9.80 Å². The molecule has 1 amide bonds. The molecule has 19 heavy (non-hydrogen) atoms. The van der Waals surface area contributed by atoms with Gasteiger partial charge in [0.05, 0.1) is 11.8 Å². The summed E-state index contributed by atoms with van der Waals surface area (Å²) in [6.07, 6.45) is 4.80. The van der Waals surface area contributed by atoms with Crippen LogP contribution in [0.4, 0.5) is 0 Å². The van der Waals surface area contributed by atoms with E-state index in [-0.39, 0.29) is 23.7 Å². The molecule has 0 spiro atoms. The summed E-state index contributed by atoms with van der Waals surface area (Å²) in [5.41, 5.74) is 0. The summed E-state index contributed by atoms with van der Waals surface area (Å²) in [6.45, 7) is 1.42. The minimum Gasteiger partial charge on any atom is -0.481 e. The van der Waals surface area contributed by atoms with Crippen LogP contribution in [0.1, 0.15) is 6.42 Å². The van der Waals surface area contributed by atoms with Crippen molar-refractivity contribution in [2.45, 2.75) is 6.42 Å².